The van der Waals surface area contributed by atoms with E-state index in [1.807, 2.05) is 6.07 Å². The van der Waals surface area contributed by atoms with Crippen LogP contribution >= 0.6 is 0 Å². The van der Waals surface area contributed by atoms with Gasteiger partial charge in [0.05, 0.1) is 18.6 Å². The third-order valence-corrected chi connectivity index (χ3v) is 4.92. The molecule has 0 aliphatic carbocycles. The SMILES string of the molecule is O=C(CC(NC(=O)c1ccccc1)c1ccccc1)NCC(O)c1ccc(OC(F)(F)F)cc1. The third-order valence-electron chi connectivity index (χ3n) is 4.92. The number of carbonyl (C=O) groups is 2. The molecule has 3 aromatic rings. The lowest BCUT2D eigenvalue weighted by atomic mass is 10.0. The first-order chi connectivity index (χ1) is 16.2. The first-order valence-corrected chi connectivity index (χ1v) is 10.4. The monoisotopic (exact) mass is 472 g/mol. The fraction of sp³-hybridized carbons (Fsp3) is 0.200. The number of aliphatic hydroxyl groups is 1. The van der Waals surface area contributed by atoms with Crippen molar-refractivity contribution in [3.05, 3.63) is 102 Å². The molecule has 0 heterocycles. The number of hydrogen-bond acceptors (Lipinski definition) is 4. The van der Waals surface area contributed by atoms with Crippen LogP contribution in [0.4, 0.5) is 13.2 Å². The zero-order valence-electron chi connectivity index (χ0n) is 18.0. The second-order valence-electron chi connectivity index (χ2n) is 7.44. The summed E-state index contributed by atoms with van der Waals surface area (Å²) < 4.78 is 40.6. The van der Waals surface area contributed by atoms with Crippen molar-refractivity contribution in [1.82, 2.24) is 10.6 Å². The second-order valence-corrected chi connectivity index (χ2v) is 7.44. The first-order valence-electron chi connectivity index (χ1n) is 10.4. The van der Waals surface area contributed by atoms with Crippen LogP contribution in [-0.4, -0.2) is 29.8 Å². The van der Waals surface area contributed by atoms with Crippen molar-refractivity contribution >= 4 is 11.8 Å². The lowest BCUT2D eigenvalue weighted by Crippen LogP contribution is -2.35. The fourth-order valence-electron chi connectivity index (χ4n) is 3.25. The van der Waals surface area contributed by atoms with Gasteiger partial charge in [-0.3, -0.25) is 9.59 Å². The maximum atomic E-state index is 12.6. The van der Waals surface area contributed by atoms with E-state index in [9.17, 15) is 27.9 Å². The van der Waals surface area contributed by atoms with E-state index in [0.717, 1.165) is 17.7 Å². The van der Waals surface area contributed by atoms with Gasteiger partial charge < -0.3 is 20.5 Å². The van der Waals surface area contributed by atoms with Crippen molar-refractivity contribution in [2.45, 2.75) is 24.9 Å². The van der Waals surface area contributed by atoms with Gasteiger partial charge in [-0.2, -0.15) is 0 Å². The molecule has 0 aromatic heterocycles. The highest BCUT2D eigenvalue weighted by Gasteiger charge is 2.31. The number of amides is 2. The summed E-state index contributed by atoms with van der Waals surface area (Å²) in [4.78, 5) is 25.2. The predicted molar refractivity (Wildman–Crippen MR) is 119 cm³/mol. The van der Waals surface area contributed by atoms with Gasteiger partial charge in [0.25, 0.3) is 5.91 Å². The van der Waals surface area contributed by atoms with E-state index in [1.54, 1.807) is 54.6 Å². The van der Waals surface area contributed by atoms with Crippen molar-refractivity contribution in [2.75, 3.05) is 6.54 Å². The molecular weight excluding hydrogens is 449 g/mol. The Labute approximate surface area is 194 Å². The van der Waals surface area contributed by atoms with Gasteiger partial charge in [-0.15, -0.1) is 13.2 Å². The largest absolute Gasteiger partial charge is 0.573 e. The Hall–Kier alpha value is -3.85. The van der Waals surface area contributed by atoms with Gasteiger partial charge in [-0.25, -0.2) is 0 Å². The van der Waals surface area contributed by atoms with Crippen LogP contribution < -0.4 is 15.4 Å². The van der Waals surface area contributed by atoms with Crippen molar-refractivity contribution in [1.29, 1.82) is 0 Å². The number of ether oxygens (including phenoxy) is 1. The summed E-state index contributed by atoms with van der Waals surface area (Å²) in [5, 5.41) is 15.7. The number of carbonyl (C=O) groups excluding carboxylic acids is 2. The number of aliphatic hydroxyl groups excluding tert-OH is 1. The summed E-state index contributed by atoms with van der Waals surface area (Å²) in [6.45, 7) is -0.160. The van der Waals surface area contributed by atoms with Crippen LogP contribution in [0.5, 0.6) is 5.75 Å². The summed E-state index contributed by atoms with van der Waals surface area (Å²) in [5.41, 5.74) is 1.51. The van der Waals surface area contributed by atoms with E-state index in [0.29, 0.717) is 11.1 Å². The zero-order valence-corrected chi connectivity index (χ0v) is 18.0. The summed E-state index contributed by atoms with van der Waals surface area (Å²) >= 11 is 0. The van der Waals surface area contributed by atoms with E-state index in [1.165, 1.54) is 12.1 Å². The van der Waals surface area contributed by atoms with Gasteiger partial charge in [0.15, 0.2) is 0 Å². The van der Waals surface area contributed by atoms with Gasteiger partial charge in [-0.05, 0) is 35.4 Å². The Bertz CT molecular complexity index is 1070. The predicted octanol–water partition coefficient (Wildman–Crippen LogP) is 4.30. The number of halogens is 3. The first kappa shape index (κ1) is 24.8. The molecule has 3 rings (SSSR count). The number of alkyl halides is 3. The lowest BCUT2D eigenvalue weighted by Gasteiger charge is -2.20. The zero-order chi connectivity index (χ0) is 24.6. The molecule has 0 aliphatic heterocycles. The average molecular weight is 472 g/mol. The minimum Gasteiger partial charge on any atom is -0.406 e. The molecule has 178 valence electrons. The number of hydrogen-bond donors (Lipinski definition) is 3. The number of nitrogens with one attached hydrogen (secondary N) is 2. The summed E-state index contributed by atoms with van der Waals surface area (Å²) in [6.07, 6.45) is -6.02. The van der Waals surface area contributed by atoms with E-state index in [2.05, 4.69) is 15.4 Å². The quantitative estimate of drug-likeness (QED) is 0.434. The van der Waals surface area contributed by atoms with Gasteiger partial charge in [0.1, 0.15) is 5.75 Å². The lowest BCUT2D eigenvalue weighted by molar-refractivity contribution is -0.274. The Morgan fingerprint density at radius 3 is 2.03 bits per heavy atom. The highest BCUT2D eigenvalue weighted by molar-refractivity contribution is 5.94. The number of rotatable bonds is 9. The molecule has 34 heavy (non-hydrogen) atoms. The second kappa shape index (κ2) is 11.3. The molecule has 0 saturated heterocycles. The van der Waals surface area contributed by atoms with E-state index in [4.69, 9.17) is 0 Å². The molecule has 0 radical (unpaired) electrons. The molecule has 2 unspecified atom stereocenters. The highest BCUT2D eigenvalue weighted by Crippen LogP contribution is 2.24. The van der Waals surface area contributed by atoms with E-state index in [-0.39, 0.29) is 18.9 Å². The van der Waals surface area contributed by atoms with Crippen LogP contribution in [0, 0.1) is 0 Å². The van der Waals surface area contributed by atoms with Gasteiger partial charge in [-0.1, -0.05) is 60.7 Å². The minimum atomic E-state index is -4.81. The van der Waals surface area contributed by atoms with Gasteiger partial charge >= 0.3 is 6.36 Å². The molecule has 0 spiro atoms. The van der Waals surface area contributed by atoms with Crippen LogP contribution in [0.2, 0.25) is 0 Å². The molecule has 9 heteroatoms. The number of benzene rings is 3. The maximum absolute atomic E-state index is 12.6. The smallest absolute Gasteiger partial charge is 0.406 e. The standard InChI is InChI=1S/C25H23F3N2O4/c26-25(27,28)34-20-13-11-18(12-14-20)22(31)16-29-23(32)15-21(17-7-3-1-4-8-17)30-24(33)19-9-5-2-6-10-19/h1-14,21-22,31H,15-16H2,(H,29,32)(H,30,33). The van der Waals surface area contributed by atoms with Crippen molar-refractivity contribution < 1.29 is 32.6 Å². The summed E-state index contributed by atoms with van der Waals surface area (Å²) in [6, 6.07) is 21.7. The van der Waals surface area contributed by atoms with Crippen LogP contribution in [0.25, 0.3) is 0 Å². The molecule has 6 nitrogen and oxygen atoms in total. The van der Waals surface area contributed by atoms with Gasteiger partial charge in [0, 0.05) is 12.1 Å². The Balaban J connectivity index is 1.59. The third kappa shape index (κ3) is 7.63. The maximum Gasteiger partial charge on any atom is 0.573 e. The summed E-state index contributed by atoms with van der Waals surface area (Å²) in [5.74, 6) is -1.16. The molecule has 0 saturated carbocycles. The average Bonchev–Trinajstić information content (AvgIpc) is 2.82. The molecule has 0 fully saturated rings. The van der Waals surface area contributed by atoms with Crippen molar-refractivity contribution in [3.8, 4) is 5.75 Å². The van der Waals surface area contributed by atoms with E-state index >= 15 is 0 Å². The molecule has 2 amide bonds. The highest BCUT2D eigenvalue weighted by atomic mass is 19.4. The molecular formula is C25H23F3N2O4. The topological polar surface area (TPSA) is 87.7 Å². The van der Waals surface area contributed by atoms with Crippen molar-refractivity contribution in [3.63, 3.8) is 0 Å². The Morgan fingerprint density at radius 2 is 1.44 bits per heavy atom. The Kier molecular flexibility index (Phi) is 8.26. The molecule has 0 aliphatic rings. The molecule has 2 atom stereocenters. The van der Waals surface area contributed by atoms with E-state index < -0.39 is 30.2 Å². The van der Waals surface area contributed by atoms with Crippen LogP contribution in [0.15, 0.2) is 84.9 Å². The Morgan fingerprint density at radius 1 is 0.853 bits per heavy atom. The van der Waals surface area contributed by atoms with Crippen LogP contribution in [-0.2, 0) is 4.79 Å². The molecule has 3 aromatic carbocycles. The molecule has 3 N–H and O–H groups in total. The minimum absolute atomic E-state index is 0.0757. The normalized spacial score (nSPS) is 12.9. The fourth-order valence-corrected chi connectivity index (χ4v) is 3.25. The van der Waals surface area contributed by atoms with Gasteiger partial charge in [0.2, 0.25) is 5.91 Å². The van der Waals surface area contributed by atoms with Crippen LogP contribution in [0.3, 0.4) is 0 Å². The van der Waals surface area contributed by atoms with Crippen LogP contribution in [0.1, 0.15) is 40.1 Å². The summed E-state index contributed by atoms with van der Waals surface area (Å²) in [7, 11) is 0. The molecule has 0 bridgehead atoms. The van der Waals surface area contributed by atoms with Crippen molar-refractivity contribution in [2.24, 2.45) is 0 Å².